The molecule has 0 radical (unpaired) electrons. The van der Waals surface area contributed by atoms with Crippen molar-refractivity contribution < 1.29 is 40.2 Å². The van der Waals surface area contributed by atoms with Gasteiger partial charge in [0.05, 0.1) is 30.5 Å². The quantitative estimate of drug-likeness (QED) is 0.235. The maximum absolute atomic E-state index is 11.8. The van der Waals surface area contributed by atoms with Crippen molar-refractivity contribution in [1.29, 1.82) is 0 Å². The topological polar surface area (TPSA) is 148 Å². The van der Waals surface area contributed by atoms with E-state index in [4.69, 9.17) is 9.84 Å². The number of hydrogen-bond acceptors (Lipinski definition) is 8. The molecule has 0 aliphatic carbocycles. The second kappa shape index (κ2) is 11.6. The van der Waals surface area contributed by atoms with Gasteiger partial charge in [0.1, 0.15) is 0 Å². The van der Waals surface area contributed by atoms with Gasteiger partial charge in [-0.1, -0.05) is 0 Å². The summed E-state index contributed by atoms with van der Waals surface area (Å²) in [5.74, 6) is -2.76. The fourth-order valence-corrected chi connectivity index (χ4v) is 2.62. The zero-order valence-corrected chi connectivity index (χ0v) is 15.5. The number of aromatic hydroxyl groups is 3. The molecule has 0 fully saturated rings. The maximum Gasteiger partial charge on any atom is 0.338 e. The number of carbonyl (C=O) groups is 1. The highest BCUT2D eigenvalue weighted by atomic mass is 16.5. The third-order valence-corrected chi connectivity index (χ3v) is 4.22. The third kappa shape index (κ3) is 8.94. The molecule has 8 heteroatoms. The minimum atomic E-state index is -0.790. The smallest absolute Gasteiger partial charge is 0.338 e. The number of benzene rings is 1. The van der Waals surface area contributed by atoms with Gasteiger partial charge in [-0.3, -0.25) is 0 Å². The molecule has 0 heterocycles. The molecular weight excluding hydrogens is 356 g/mol. The Morgan fingerprint density at radius 1 is 0.889 bits per heavy atom. The summed E-state index contributed by atoms with van der Waals surface area (Å²) in [6, 6.07) is 1.96. The number of ether oxygens (including phenoxy) is 1. The van der Waals surface area contributed by atoms with E-state index in [-0.39, 0.29) is 24.7 Å². The molecule has 27 heavy (non-hydrogen) atoms. The van der Waals surface area contributed by atoms with E-state index in [0.29, 0.717) is 32.1 Å². The van der Waals surface area contributed by atoms with E-state index >= 15 is 0 Å². The van der Waals surface area contributed by atoms with Crippen molar-refractivity contribution in [2.45, 2.75) is 70.2 Å². The van der Waals surface area contributed by atoms with E-state index < -0.39 is 35.4 Å². The van der Waals surface area contributed by atoms with Gasteiger partial charge < -0.3 is 35.4 Å². The summed E-state index contributed by atoms with van der Waals surface area (Å²) in [4.78, 5) is 11.8. The minimum absolute atomic E-state index is 0.0423. The monoisotopic (exact) mass is 386 g/mol. The lowest BCUT2D eigenvalue weighted by Crippen LogP contribution is -2.15. The number of aliphatic hydroxyl groups excluding tert-OH is 3. The average molecular weight is 386 g/mol. The lowest BCUT2D eigenvalue weighted by atomic mass is 10.0. The lowest BCUT2D eigenvalue weighted by Gasteiger charge is -2.14. The molecule has 3 unspecified atom stereocenters. The summed E-state index contributed by atoms with van der Waals surface area (Å²) >= 11 is 0. The van der Waals surface area contributed by atoms with Crippen LogP contribution in [-0.4, -0.2) is 61.5 Å². The van der Waals surface area contributed by atoms with Crippen LogP contribution in [0.2, 0.25) is 0 Å². The maximum atomic E-state index is 11.8. The van der Waals surface area contributed by atoms with Gasteiger partial charge >= 0.3 is 5.97 Å². The molecule has 1 rings (SSSR count). The largest absolute Gasteiger partial charge is 0.504 e. The average Bonchev–Trinajstić information content (AvgIpc) is 2.58. The summed E-state index contributed by atoms with van der Waals surface area (Å²) < 4.78 is 4.98. The molecular formula is C19H30O8. The highest BCUT2D eigenvalue weighted by Crippen LogP contribution is 2.35. The Bertz CT molecular complexity index is 564. The third-order valence-electron chi connectivity index (χ3n) is 4.22. The molecule has 3 atom stereocenters. The molecule has 0 aliphatic heterocycles. The predicted molar refractivity (Wildman–Crippen MR) is 97.7 cm³/mol. The van der Waals surface area contributed by atoms with Crippen LogP contribution in [0.1, 0.15) is 62.2 Å². The van der Waals surface area contributed by atoms with E-state index in [1.54, 1.807) is 6.92 Å². The molecule has 0 bridgehead atoms. The van der Waals surface area contributed by atoms with Crippen molar-refractivity contribution in [3.8, 4) is 17.2 Å². The van der Waals surface area contributed by atoms with Crippen LogP contribution in [0.4, 0.5) is 0 Å². The van der Waals surface area contributed by atoms with Gasteiger partial charge in [0.2, 0.25) is 0 Å². The van der Waals surface area contributed by atoms with E-state index in [0.717, 1.165) is 18.6 Å². The first kappa shape index (κ1) is 23.0. The van der Waals surface area contributed by atoms with Gasteiger partial charge in [0.25, 0.3) is 0 Å². The number of rotatable bonds is 12. The SMILES string of the molecule is CC(O)CCCC(O)CCCC(O)CCOC(=O)c1cc(O)c(O)c(O)c1. The van der Waals surface area contributed by atoms with Crippen LogP contribution in [0.15, 0.2) is 12.1 Å². The van der Waals surface area contributed by atoms with E-state index in [2.05, 4.69) is 0 Å². The van der Waals surface area contributed by atoms with E-state index in [1.807, 2.05) is 0 Å². The van der Waals surface area contributed by atoms with Gasteiger partial charge in [0.15, 0.2) is 17.2 Å². The predicted octanol–water partition coefficient (Wildman–Crippen LogP) is 1.79. The van der Waals surface area contributed by atoms with Crippen LogP contribution in [0.25, 0.3) is 0 Å². The molecule has 0 aromatic heterocycles. The molecule has 1 aromatic carbocycles. The Morgan fingerprint density at radius 3 is 1.89 bits per heavy atom. The molecule has 8 nitrogen and oxygen atoms in total. The van der Waals surface area contributed by atoms with Crippen LogP contribution in [0.3, 0.4) is 0 Å². The summed E-state index contributed by atoms with van der Waals surface area (Å²) in [7, 11) is 0. The van der Waals surface area contributed by atoms with Crippen LogP contribution >= 0.6 is 0 Å². The summed E-state index contributed by atoms with van der Waals surface area (Å²) in [5.41, 5.74) is -0.113. The number of phenols is 3. The zero-order chi connectivity index (χ0) is 20.4. The standard InChI is InChI=1S/C19H30O8/c1-12(20)4-2-5-14(21)6-3-7-15(22)8-9-27-19(26)13-10-16(23)18(25)17(24)11-13/h10-12,14-15,20-25H,2-9H2,1H3. The van der Waals surface area contributed by atoms with Gasteiger partial charge in [0, 0.05) is 6.42 Å². The van der Waals surface area contributed by atoms with Crippen molar-refractivity contribution >= 4 is 5.97 Å². The van der Waals surface area contributed by atoms with Gasteiger partial charge in [-0.25, -0.2) is 4.79 Å². The number of esters is 1. The van der Waals surface area contributed by atoms with Gasteiger partial charge in [-0.2, -0.15) is 0 Å². The molecule has 0 saturated carbocycles. The van der Waals surface area contributed by atoms with Crippen LogP contribution in [0, 0.1) is 0 Å². The van der Waals surface area contributed by atoms with Crippen molar-refractivity contribution in [2.75, 3.05) is 6.61 Å². The molecule has 0 aliphatic rings. The Kier molecular flexibility index (Phi) is 9.92. The number of hydrogen-bond donors (Lipinski definition) is 6. The molecule has 0 saturated heterocycles. The normalized spacial score (nSPS) is 14.5. The first-order valence-electron chi connectivity index (χ1n) is 9.17. The molecule has 6 N–H and O–H groups in total. The van der Waals surface area contributed by atoms with Gasteiger partial charge in [-0.05, 0) is 57.6 Å². The molecule has 0 amide bonds. The van der Waals surface area contributed by atoms with Crippen LogP contribution in [0.5, 0.6) is 17.2 Å². The second-order valence-corrected chi connectivity index (χ2v) is 6.81. The van der Waals surface area contributed by atoms with E-state index in [9.17, 15) is 30.3 Å². The zero-order valence-electron chi connectivity index (χ0n) is 15.5. The Balaban J connectivity index is 2.21. The minimum Gasteiger partial charge on any atom is -0.504 e. The van der Waals surface area contributed by atoms with Crippen molar-refractivity contribution in [3.05, 3.63) is 17.7 Å². The summed E-state index contributed by atoms with van der Waals surface area (Å²) in [6.45, 7) is 1.67. The second-order valence-electron chi connectivity index (χ2n) is 6.81. The fraction of sp³-hybridized carbons (Fsp3) is 0.632. The number of phenolic OH excluding ortho intramolecular Hbond substituents is 3. The highest BCUT2D eigenvalue weighted by Gasteiger charge is 2.15. The Labute approximate surface area is 158 Å². The van der Waals surface area contributed by atoms with Crippen molar-refractivity contribution in [3.63, 3.8) is 0 Å². The van der Waals surface area contributed by atoms with Gasteiger partial charge in [-0.15, -0.1) is 0 Å². The Hall–Kier alpha value is -2.03. The number of aliphatic hydroxyl groups is 3. The van der Waals surface area contributed by atoms with Crippen LogP contribution < -0.4 is 0 Å². The molecule has 154 valence electrons. The van der Waals surface area contributed by atoms with Crippen LogP contribution in [-0.2, 0) is 4.74 Å². The molecule has 1 aromatic rings. The summed E-state index contributed by atoms with van der Waals surface area (Å²) in [6.07, 6.45) is 2.40. The fourth-order valence-electron chi connectivity index (χ4n) is 2.62. The summed E-state index contributed by atoms with van der Waals surface area (Å²) in [5, 5.41) is 56.9. The lowest BCUT2D eigenvalue weighted by molar-refractivity contribution is 0.0417. The van der Waals surface area contributed by atoms with E-state index in [1.165, 1.54) is 0 Å². The number of carbonyl (C=O) groups excluding carboxylic acids is 1. The highest BCUT2D eigenvalue weighted by molar-refractivity contribution is 5.91. The first-order valence-corrected chi connectivity index (χ1v) is 9.17. The molecule has 0 spiro atoms. The first-order chi connectivity index (χ1) is 12.7. The Morgan fingerprint density at radius 2 is 1.37 bits per heavy atom. The van der Waals surface area contributed by atoms with Crippen molar-refractivity contribution in [2.24, 2.45) is 0 Å². The van der Waals surface area contributed by atoms with Crippen molar-refractivity contribution in [1.82, 2.24) is 0 Å².